The Labute approximate surface area is 107 Å². The number of aromatic nitrogens is 3. The van der Waals surface area contributed by atoms with E-state index in [9.17, 15) is 0 Å². The first kappa shape index (κ1) is 11.4. The maximum Gasteiger partial charge on any atom is 0.0907 e. The van der Waals surface area contributed by atoms with Gasteiger partial charge in [0, 0.05) is 5.54 Å². The lowest BCUT2D eigenvalue weighted by atomic mass is 9.89. The fourth-order valence-corrected chi connectivity index (χ4v) is 2.69. The van der Waals surface area contributed by atoms with Crippen molar-refractivity contribution in [2.45, 2.75) is 32.2 Å². The second-order valence-electron chi connectivity index (χ2n) is 5.15. The first-order valence-electron chi connectivity index (χ1n) is 6.43. The van der Waals surface area contributed by atoms with Crippen molar-refractivity contribution in [1.29, 1.82) is 0 Å². The topological polar surface area (TPSA) is 42.7 Å². The van der Waals surface area contributed by atoms with Gasteiger partial charge >= 0.3 is 0 Å². The van der Waals surface area contributed by atoms with E-state index in [4.69, 9.17) is 0 Å². The van der Waals surface area contributed by atoms with Gasteiger partial charge < -0.3 is 5.32 Å². The molecule has 1 aromatic carbocycles. The molecule has 0 aliphatic carbocycles. The highest BCUT2D eigenvalue weighted by Gasteiger charge is 2.32. The van der Waals surface area contributed by atoms with E-state index in [0.29, 0.717) is 0 Å². The molecule has 1 N–H and O–H groups in total. The van der Waals surface area contributed by atoms with Gasteiger partial charge in [-0.1, -0.05) is 18.2 Å². The van der Waals surface area contributed by atoms with Crippen molar-refractivity contribution < 1.29 is 0 Å². The summed E-state index contributed by atoms with van der Waals surface area (Å²) in [6.45, 7) is 5.30. The van der Waals surface area contributed by atoms with Gasteiger partial charge in [0.1, 0.15) is 0 Å². The number of hydrogen-bond acceptors (Lipinski definition) is 3. The fourth-order valence-electron chi connectivity index (χ4n) is 2.69. The molecule has 0 amide bonds. The first-order valence-corrected chi connectivity index (χ1v) is 6.43. The Bertz CT molecular complexity index is 552. The molecule has 1 atom stereocenters. The molecule has 2 heterocycles. The minimum atomic E-state index is 0.0398. The van der Waals surface area contributed by atoms with Crippen LogP contribution in [0.25, 0.3) is 5.69 Å². The summed E-state index contributed by atoms with van der Waals surface area (Å²) in [6.07, 6.45) is 4.17. The molecule has 0 bridgehead atoms. The number of rotatable bonds is 2. The third kappa shape index (κ3) is 1.82. The summed E-state index contributed by atoms with van der Waals surface area (Å²) in [7, 11) is 0. The van der Waals surface area contributed by atoms with Crippen LogP contribution in [0.4, 0.5) is 0 Å². The van der Waals surface area contributed by atoms with E-state index in [0.717, 1.165) is 24.3 Å². The van der Waals surface area contributed by atoms with Gasteiger partial charge in [-0.05, 0) is 44.9 Å². The zero-order valence-electron chi connectivity index (χ0n) is 10.8. The molecule has 3 rings (SSSR count). The third-order valence-corrected chi connectivity index (χ3v) is 3.69. The van der Waals surface area contributed by atoms with Crippen LogP contribution in [0.1, 0.15) is 31.0 Å². The molecule has 94 valence electrons. The van der Waals surface area contributed by atoms with Gasteiger partial charge in [-0.25, -0.2) is 0 Å². The van der Waals surface area contributed by atoms with Crippen molar-refractivity contribution in [2.24, 2.45) is 0 Å². The summed E-state index contributed by atoms with van der Waals surface area (Å²) in [5.74, 6) is 0. The maximum atomic E-state index is 4.42. The standard InChI is InChI=1S/C14H18N4/c1-11-10-16-18(17-11)13-7-4-3-6-12(13)14(2)8-5-9-15-14/h3-4,6-7,10,15H,5,8-9H2,1-2H3. The second-order valence-corrected chi connectivity index (χ2v) is 5.15. The second kappa shape index (κ2) is 4.21. The predicted molar refractivity (Wildman–Crippen MR) is 70.7 cm³/mol. The van der Waals surface area contributed by atoms with Gasteiger partial charge in [0.25, 0.3) is 0 Å². The molecule has 4 heteroatoms. The zero-order valence-corrected chi connectivity index (χ0v) is 10.8. The number of hydrogen-bond donors (Lipinski definition) is 1. The summed E-state index contributed by atoms with van der Waals surface area (Å²) in [5, 5.41) is 12.3. The lowest BCUT2D eigenvalue weighted by molar-refractivity contribution is 0.431. The predicted octanol–water partition coefficient (Wildman–Crippen LogP) is 2.17. The van der Waals surface area contributed by atoms with Crippen molar-refractivity contribution in [3.05, 3.63) is 41.7 Å². The van der Waals surface area contributed by atoms with Gasteiger partial charge in [-0.2, -0.15) is 15.0 Å². The van der Waals surface area contributed by atoms with Gasteiger partial charge in [-0.15, -0.1) is 0 Å². The average Bonchev–Trinajstić information content (AvgIpc) is 2.99. The van der Waals surface area contributed by atoms with Crippen molar-refractivity contribution in [3.8, 4) is 5.69 Å². The van der Waals surface area contributed by atoms with Crippen molar-refractivity contribution in [3.63, 3.8) is 0 Å². The lowest BCUT2D eigenvalue weighted by Gasteiger charge is -2.27. The lowest BCUT2D eigenvalue weighted by Crippen LogP contribution is -2.34. The van der Waals surface area contributed by atoms with E-state index < -0.39 is 0 Å². The smallest absolute Gasteiger partial charge is 0.0907 e. The monoisotopic (exact) mass is 242 g/mol. The minimum Gasteiger partial charge on any atom is -0.308 e. The zero-order chi connectivity index (χ0) is 12.6. The number of para-hydroxylation sites is 1. The molecule has 0 spiro atoms. The molecular weight excluding hydrogens is 224 g/mol. The van der Waals surface area contributed by atoms with E-state index in [2.05, 4.69) is 40.6 Å². The number of benzene rings is 1. The summed E-state index contributed by atoms with van der Waals surface area (Å²) in [6, 6.07) is 8.38. The molecule has 0 radical (unpaired) electrons. The van der Waals surface area contributed by atoms with E-state index in [1.807, 2.05) is 13.0 Å². The molecule has 1 aromatic heterocycles. The highest BCUT2D eigenvalue weighted by molar-refractivity contribution is 5.44. The number of aryl methyl sites for hydroxylation is 1. The summed E-state index contributed by atoms with van der Waals surface area (Å²) >= 11 is 0. The first-order chi connectivity index (χ1) is 8.69. The van der Waals surface area contributed by atoms with Crippen LogP contribution < -0.4 is 5.32 Å². The van der Waals surface area contributed by atoms with E-state index in [1.165, 1.54) is 12.0 Å². The Morgan fingerprint density at radius 3 is 2.83 bits per heavy atom. The highest BCUT2D eigenvalue weighted by atomic mass is 15.5. The molecule has 4 nitrogen and oxygen atoms in total. The average molecular weight is 242 g/mol. The Hall–Kier alpha value is -1.68. The molecule has 18 heavy (non-hydrogen) atoms. The molecule has 1 unspecified atom stereocenters. The highest BCUT2D eigenvalue weighted by Crippen LogP contribution is 2.33. The Morgan fingerprint density at radius 1 is 1.33 bits per heavy atom. The van der Waals surface area contributed by atoms with Crippen molar-refractivity contribution in [1.82, 2.24) is 20.3 Å². The van der Waals surface area contributed by atoms with E-state index in [1.54, 1.807) is 11.0 Å². The maximum absolute atomic E-state index is 4.42. The summed E-state index contributed by atoms with van der Waals surface area (Å²) < 4.78 is 0. The number of nitrogens with one attached hydrogen (secondary N) is 1. The Morgan fingerprint density at radius 2 is 2.17 bits per heavy atom. The fraction of sp³-hybridized carbons (Fsp3) is 0.429. The molecule has 1 aliphatic rings. The molecular formula is C14H18N4. The molecule has 1 saturated heterocycles. The molecule has 0 saturated carbocycles. The van der Waals surface area contributed by atoms with Crippen LogP contribution in [0.3, 0.4) is 0 Å². The van der Waals surface area contributed by atoms with Crippen molar-refractivity contribution >= 4 is 0 Å². The van der Waals surface area contributed by atoms with Gasteiger partial charge in [0.05, 0.1) is 17.6 Å². The van der Waals surface area contributed by atoms with E-state index >= 15 is 0 Å². The normalized spacial score (nSPS) is 23.4. The third-order valence-electron chi connectivity index (χ3n) is 3.69. The van der Waals surface area contributed by atoms with Crippen LogP contribution >= 0.6 is 0 Å². The van der Waals surface area contributed by atoms with Crippen LogP contribution in [0.2, 0.25) is 0 Å². The van der Waals surface area contributed by atoms with Crippen LogP contribution in [0.5, 0.6) is 0 Å². The Balaban J connectivity index is 2.10. The quantitative estimate of drug-likeness (QED) is 0.877. The van der Waals surface area contributed by atoms with E-state index in [-0.39, 0.29) is 5.54 Å². The van der Waals surface area contributed by atoms with Gasteiger partial charge in [-0.3, -0.25) is 0 Å². The summed E-state index contributed by atoms with van der Waals surface area (Å²) in [5.41, 5.74) is 3.33. The van der Waals surface area contributed by atoms with Crippen LogP contribution in [-0.2, 0) is 5.54 Å². The largest absolute Gasteiger partial charge is 0.308 e. The SMILES string of the molecule is Cc1cnn(-c2ccccc2C2(C)CCCN2)n1. The van der Waals surface area contributed by atoms with Crippen LogP contribution in [0.15, 0.2) is 30.5 Å². The van der Waals surface area contributed by atoms with Crippen molar-refractivity contribution in [2.75, 3.05) is 6.54 Å². The molecule has 2 aromatic rings. The summed E-state index contributed by atoms with van der Waals surface area (Å²) in [4.78, 5) is 1.73. The molecule has 1 aliphatic heterocycles. The van der Waals surface area contributed by atoms with Crippen LogP contribution in [0, 0.1) is 6.92 Å². The number of nitrogens with zero attached hydrogens (tertiary/aromatic N) is 3. The Kier molecular flexibility index (Phi) is 2.67. The van der Waals surface area contributed by atoms with Crippen LogP contribution in [-0.4, -0.2) is 21.5 Å². The molecule has 1 fully saturated rings. The van der Waals surface area contributed by atoms with Gasteiger partial charge in [0.2, 0.25) is 0 Å². The minimum absolute atomic E-state index is 0.0398. The van der Waals surface area contributed by atoms with Gasteiger partial charge in [0.15, 0.2) is 0 Å².